The van der Waals surface area contributed by atoms with Crippen LogP contribution in [-0.4, -0.2) is 19.9 Å². The van der Waals surface area contributed by atoms with Gasteiger partial charge < -0.3 is 4.74 Å². The topological polar surface area (TPSA) is 21.3 Å². The second kappa shape index (κ2) is 20.8. The molecule has 1 N–H and O–H groups in total. The van der Waals surface area contributed by atoms with Crippen LogP contribution in [0, 0.1) is 0 Å². The van der Waals surface area contributed by atoms with Crippen molar-refractivity contribution in [2.45, 2.75) is 61.1 Å². The van der Waals surface area contributed by atoms with Gasteiger partial charge in [0.2, 0.25) is 0 Å². The van der Waals surface area contributed by atoms with Gasteiger partial charge in [0, 0.05) is 6.61 Å². The third kappa shape index (κ3) is 11.5. The van der Waals surface area contributed by atoms with Gasteiger partial charge in [-0.05, 0) is 55.2 Å². The maximum atomic E-state index is 5.98. The van der Waals surface area contributed by atoms with E-state index >= 15 is 0 Å². The quantitative estimate of drug-likeness (QED) is 0.261. The molecule has 2 aromatic rings. The number of rotatable bonds is 8. The number of hydrogen-bond acceptors (Lipinski definition) is 2. The number of likely N-dealkylation sites (N-methyl/N-ethyl adjacent to an activating group) is 1. The first-order valence-electron chi connectivity index (χ1n) is 11.5. The van der Waals surface area contributed by atoms with Crippen LogP contribution >= 0.6 is 0 Å². The van der Waals surface area contributed by atoms with Crippen molar-refractivity contribution in [3.05, 3.63) is 96.6 Å². The van der Waals surface area contributed by atoms with E-state index in [9.17, 15) is 0 Å². The van der Waals surface area contributed by atoms with E-state index in [0.717, 1.165) is 40.9 Å². The minimum Gasteiger partial charge on any atom is -0.359 e. The number of nitrogens with one attached hydrogen (secondary N) is 1. The van der Waals surface area contributed by atoms with Gasteiger partial charge in [-0.15, -0.1) is 6.58 Å². The summed E-state index contributed by atoms with van der Waals surface area (Å²) in [5.74, 6) is 0. The fourth-order valence-corrected chi connectivity index (χ4v) is 2.82. The average molecular weight is 424 g/mol. The average Bonchev–Trinajstić information content (AvgIpc) is 2.84. The largest absolute Gasteiger partial charge is 0.359 e. The van der Waals surface area contributed by atoms with Crippen molar-refractivity contribution < 1.29 is 4.74 Å². The molecule has 31 heavy (non-hydrogen) atoms. The molecule has 2 heteroatoms. The van der Waals surface area contributed by atoms with Crippen LogP contribution in [0.1, 0.15) is 66.0 Å². The van der Waals surface area contributed by atoms with Crippen LogP contribution in [0.25, 0.3) is 11.1 Å². The Morgan fingerprint density at radius 1 is 0.935 bits per heavy atom. The summed E-state index contributed by atoms with van der Waals surface area (Å²) in [5.41, 5.74) is 5.58. The molecule has 0 aliphatic heterocycles. The summed E-state index contributed by atoms with van der Waals surface area (Å²) >= 11 is 0. The lowest BCUT2D eigenvalue weighted by Crippen LogP contribution is -2.30. The van der Waals surface area contributed by atoms with Crippen LogP contribution < -0.4 is 5.32 Å². The second-order valence-corrected chi connectivity index (χ2v) is 6.22. The van der Waals surface area contributed by atoms with Gasteiger partial charge in [-0.1, -0.05) is 108 Å². The number of allylic oxidation sites excluding steroid dienone is 3. The Kier molecular flexibility index (Phi) is 20.7. The van der Waals surface area contributed by atoms with Gasteiger partial charge in [0.25, 0.3) is 0 Å². The Morgan fingerprint density at radius 3 is 1.74 bits per heavy atom. The number of ether oxygens (including phenoxy) is 1. The Balaban J connectivity index is 0. The van der Waals surface area contributed by atoms with E-state index in [2.05, 4.69) is 68.7 Å². The predicted molar refractivity (Wildman–Crippen MR) is 142 cm³/mol. The lowest BCUT2D eigenvalue weighted by Gasteiger charge is -2.23. The Morgan fingerprint density at radius 2 is 1.35 bits per heavy atom. The van der Waals surface area contributed by atoms with E-state index in [1.165, 1.54) is 0 Å². The first kappa shape index (κ1) is 30.8. The van der Waals surface area contributed by atoms with Crippen LogP contribution in [0.15, 0.2) is 85.5 Å². The smallest absolute Gasteiger partial charge is 0.130 e. The van der Waals surface area contributed by atoms with Gasteiger partial charge in [-0.25, -0.2) is 0 Å². The third-order valence-corrected chi connectivity index (χ3v) is 4.02. The zero-order chi connectivity index (χ0) is 24.1. The molecule has 2 aromatic carbocycles. The third-order valence-electron chi connectivity index (χ3n) is 4.02. The van der Waals surface area contributed by atoms with Crippen molar-refractivity contribution in [1.29, 1.82) is 0 Å². The van der Waals surface area contributed by atoms with Crippen LogP contribution in [0.4, 0.5) is 0 Å². The van der Waals surface area contributed by atoms with E-state index in [0.29, 0.717) is 0 Å². The molecule has 0 aliphatic carbocycles. The molecule has 1 unspecified atom stereocenters. The zero-order valence-corrected chi connectivity index (χ0v) is 21.2. The highest BCUT2D eigenvalue weighted by Crippen LogP contribution is 2.33. The molecule has 0 spiro atoms. The van der Waals surface area contributed by atoms with Crippen molar-refractivity contribution in [1.82, 2.24) is 5.32 Å². The minimum absolute atomic E-state index is 0.124. The van der Waals surface area contributed by atoms with Crippen molar-refractivity contribution in [2.75, 3.05) is 13.7 Å². The van der Waals surface area contributed by atoms with Gasteiger partial charge in [0.05, 0.1) is 0 Å². The second-order valence-electron chi connectivity index (χ2n) is 6.22. The van der Waals surface area contributed by atoms with Crippen LogP contribution in [0.5, 0.6) is 0 Å². The highest BCUT2D eigenvalue weighted by atomic mass is 16.5. The lowest BCUT2D eigenvalue weighted by molar-refractivity contribution is 0.0609. The SMILES string of the molecule is C=C(/C(=C(/C)C(NC)OCCC)c1ccccc1)c1ccccc1.C=CC.CC.CC. The van der Waals surface area contributed by atoms with E-state index in [1.54, 1.807) is 6.08 Å². The highest BCUT2D eigenvalue weighted by molar-refractivity contribution is 6.05. The highest BCUT2D eigenvalue weighted by Gasteiger charge is 2.18. The lowest BCUT2D eigenvalue weighted by atomic mass is 9.89. The fourth-order valence-electron chi connectivity index (χ4n) is 2.82. The molecule has 0 aromatic heterocycles. The van der Waals surface area contributed by atoms with Crippen LogP contribution in [0.3, 0.4) is 0 Å². The maximum Gasteiger partial charge on any atom is 0.130 e. The van der Waals surface area contributed by atoms with E-state index in [-0.39, 0.29) is 6.23 Å². The molecular weight excluding hydrogens is 378 g/mol. The van der Waals surface area contributed by atoms with Crippen LogP contribution in [0.2, 0.25) is 0 Å². The zero-order valence-electron chi connectivity index (χ0n) is 21.2. The van der Waals surface area contributed by atoms with Gasteiger partial charge in [0.15, 0.2) is 0 Å². The van der Waals surface area contributed by atoms with Crippen LogP contribution in [-0.2, 0) is 4.74 Å². The van der Waals surface area contributed by atoms with Crippen molar-refractivity contribution in [3.63, 3.8) is 0 Å². The fraction of sp³-hybridized carbons (Fsp3) is 0.379. The normalized spacial score (nSPS) is 11.1. The molecule has 0 bridgehead atoms. The van der Waals surface area contributed by atoms with E-state index < -0.39 is 0 Å². The predicted octanol–water partition coefficient (Wildman–Crippen LogP) is 8.39. The molecule has 0 saturated heterocycles. The van der Waals surface area contributed by atoms with Crippen molar-refractivity contribution in [3.8, 4) is 0 Å². The van der Waals surface area contributed by atoms with Gasteiger partial charge in [-0.3, -0.25) is 5.32 Å². The molecule has 2 rings (SSSR count). The summed E-state index contributed by atoms with van der Waals surface area (Å²) in [6.07, 6.45) is 2.62. The molecule has 0 radical (unpaired) electrons. The Bertz CT molecular complexity index is 717. The monoisotopic (exact) mass is 423 g/mol. The van der Waals surface area contributed by atoms with Crippen molar-refractivity contribution in [2.24, 2.45) is 0 Å². The minimum atomic E-state index is -0.124. The van der Waals surface area contributed by atoms with Gasteiger partial charge in [-0.2, -0.15) is 0 Å². The first-order chi connectivity index (χ1) is 15.1. The molecule has 172 valence electrons. The maximum absolute atomic E-state index is 5.98. The molecule has 0 amide bonds. The summed E-state index contributed by atoms with van der Waals surface area (Å²) in [7, 11) is 1.93. The molecule has 0 heterocycles. The Labute approximate surface area is 192 Å². The summed E-state index contributed by atoms with van der Waals surface area (Å²) in [5, 5.41) is 3.27. The number of hydrogen-bond donors (Lipinski definition) is 1. The number of benzene rings is 2. The Hall–Kier alpha value is -2.42. The van der Waals surface area contributed by atoms with E-state index in [4.69, 9.17) is 4.74 Å². The summed E-state index contributed by atoms with van der Waals surface area (Å²) in [6, 6.07) is 20.7. The van der Waals surface area contributed by atoms with Crippen molar-refractivity contribution >= 4 is 11.1 Å². The molecular formula is C29H45NO. The van der Waals surface area contributed by atoms with E-state index in [1.807, 2.05) is 65.9 Å². The summed E-state index contributed by atoms with van der Waals surface area (Å²) in [4.78, 5) is 0. The van der Waals surface area contributed by atoms with Gasteiger partial charge in [0.1, 0.15) is 6.23 Å². The summed E-state index contributed by atoms with van der Waals surface area (Å²) in [6.45, 7) is 22.6. The molecule has 0 fully saturated rings. The molecule has 0 saturated carbocycles. The summed E-state index contributed by atoms with van der Waals surface area (Å²) < 4.78 is 5.98. The first-order valence-corrected chi connectivity index (χ1v) is 11.5. The molecule has 0 aliphatic rings. The molecule has 1 atom stereocenters. The standard InChI is InChI=1S/C22H27NO.C3H6.2C2H6/c1-5-16-24-22(23-4)18(3)21(20-14-10-7-11-15-20)17(2)19-12-8-6-9-13-19;1-3-2;2*1-2/h6-15,22-23H,2,5,16H2,1,3-4H3;3H,1H2,2H3;2*1-2H3/b21-18+;;;. The van der Waals surface area contributed by atoms with Gasteiger partial charge >= 0.3 is 0 Å². The molecule has 2 nitrogen and oxygen atoms in total.